The molecule has 5 heteroatoms. The Balaban J connectivity index is 2.33. The van der Waals surface area contributed by atoms with E-state index in [4.69, 9.17) is 16.3 Å². The molecule has 0 amide bonds. The zero-order valence-corrected chi connectivity index (χ0v) is 11.4. The Kier molecular flexibility index (Phi) is 4.19. The first-order chi connectivity index (χ1) is 8.60. The highest BCUT2D eigenvalue weighted by Crippen LogP contribution is 2.30. The summed E-state index contributed by atoms with van der Waals surface area (Å²) in [7, 11) is 0. The Hall–Kier alpha value is -1.13. The molecule has 0 saturated carbocycles. The maximum atomic E-state index is 13.4. The molecule has 1 nitrogen and oxygen atoms in total. The third-order valence-corrected chi connectivity index (χ3v) is 3.12. The molecule has 0 unspecified atom stereocenters. The summed E-state index contributed by atoms with van der Waals surface area (Å²) < 4.78 is 31.6. The topological polar surface area (TPSA) is 9.23 Å². The van der Waals surface area contributed by atoms with Crippen LogP contribution in [0.4, 0.5) is 8.78 Å². The first-order valence-electron chi connectivity index (χ1n) is 5.07. The van der Waals surface area contributed by atoms with E-state index in [9.17, 15) is 8.78 Å². The summed E-state index contributed by atoms with van der Waals surface area (Å²) in [6, 6.07) is 8.16. The Morgan fingerprint density at radius 3 is 2.44 bits per heavy atom. The molecular weight excluding hydrogens is 325 g/mol. The van der Waals surface area contributed by atoms with E-state index >= 15 is 0 Å². The van der Waals surface area contributed by atoms with E-state index in [2.05, 4.69) is 15.9 Å². The van der Waals surface area contributed by atoms with Crippen molar-refractivity contribution in [3.8, 4) is 11.5 Å². The lowest BCUT2D eigenvalue weighted by Gasteiger charge is -2.10. The molecule has 2 aromatic carbocycles. The van der Waals surface area contributed by atoms with Crippen LogP contribution in [0.1, 0.15) is 5.56 Å². The van der Waals surface area contributed by atoms with E-state index in [-0.39, 0.29) is 5.75 Å². The molecule has 18 heavy (non-hydrogen) atoms. The van der Waals surface area contributed by atoms with Gasteiger partial charge in [-0.15, -0.1) is 0 Å². The van der Waals surface area contributed by atoms with Gasteiger partial charge in [0.05, 0.1) is 0 Å². The molecule has 94 valence electrons. The second-order valence-electron chi connectivity index (χ2n) is 3.56. The minimum absolute atomic E-state index is 0.0269. The van der Waals surface area contributed by atoms with Gasteiger partial charge in [-0.3, -0.25) is 0 Å². The van der Waals surface area contributed by atoms with Crippen LogP contribution in [0.2, 0.25) is 5.02 Å². The lowest BCUT2D eigenvalue weighted by molar-refractivity contribution is 0.435. The molecule has 0 bridgehead atoms. The molecule has 0 radical (unpaired) electrons. The van der Waals surface area contributed by atoms with E-state index < -0.39 is 11.6 Å². The minimum Gasteiger partial charge on any atom is -0.454 e. The molecule has 0 fully saturated rings. The van der Waals surface area contributed by atoms with E-state index in [0.29, 0.717) is 16.1 Å². The standard InChI is InChI=1S/C13H8BrClF2O/c14-7-8-5-9(15)1-3-12(8)18-13-4-2-10(16)6-11(13)17/h1-6H,7H2. The van der Waals surface area contributed by atoms with Gasteiger partial charge in [0, 0.05) is 22.0 Å². The highest BCUT2D eigenvalue weighted by Gasteiger charge is 2.09. The van der Waals surface area contributed by atoms with Gasteiger partial charge in [-0.05, 0) is 30.3 Å². The van der Waals surface area contributed by atoms with Crippen molar-refractivity contribution in [3.05, 3.63) is 58.6 Å². The Morgan fingerprint density at radius 1 is 1.06 bits per heavy atom. The van der Waals surface area contributed by atoms with Crippen LogP contribution in [-0.2, 0) is 5.33 Å². The lowest BCUT2D eigenvalue weighted by Crippen LogP contribution is -1.92. The van der Waals surface area contributed by atoms with Crippen LogP contribution in [0.25, 0.3) is 0 Å². The van der Waals surface area contributed by atoms with Crippen molar-refractivity contribution in [3.63, 3.8) is 0 Å². The van der Waals surface area contributed by atoms with Crippen molar-refractivity contribution in [1.29, 1.82) is 0 Å². The highest BCUT2D eigenvalue weighted by atomic mass is 79.9. The van der Waals surface area contributed by atoms with Gasteiger partial charge in [0.25, 0.3) is 0 Å². The van der Waals surface area contributed by atoms with Gasteiger partial charge in [0.15, 0.2) is 11.6 Å². The van der Waals surface area contributed by atoms with Gasteiger partial charge in [-0.1, -0.05) is 27.5 Å². The van der Waals surface area contributed by atoms with Crippen molar-refractivity contribution in [2.75, 3.05) is 0 Å². The number of halogens is 4. The van der Waals surface area contributed by atoms with Crippen molar-refractivity contribution in [2.45, 2.75) is 5.33 Å². The molecule has 2 aromatic rings. The van der Waals surface area contributed by atoms with Gasteiger partial charge < -0.3 is 4.74 Å². The molecule has 0 atom stereocenters. The highest BCUT2D eigenvalue weighted by molar-refractivity contribution is 9.08. The van der Waals surface area contributed by atoms with Crippen molar-refractivity contribution >= 4 is 27.5 Å². The number of hydrogen-bond donors (Lipinski definition) is 0. The normalized spacial score (nSPS) is 10.4. The first-order valence-corrected chi connectivity index (χ1v) is 6.57. The SMILES string of the molecule is Fc1ccc(Oc2ccc(Cl)cc2CBr)c(F)c1. The number of ether oxygens (including phenoxy) is 1. The molecular formula is C13H8BrClF2O. The average Bonchev–Trinajstić information content (AvgIpc) is 2.34. The summed E-state index contributed by atoms with van der Waals surface area (Å²) in [5, 5.41) is 1.09. The van der Waals surface area contributed by atoms with Crippen LogP contribution < -0.4 is 4.74 Å². The average molecular weight is 334 g/mol. The van der Waals surface area contributed by atoms with Crippen molar-refractivity contribution in [1.82, 2.24) is 0 Å². The predicted octanol–water partition coefficient (Wildman–Crippen LogP) is 5.31. The van der Waals surface area contributed by atoms with Crippen LogP contribution in [0.5, 0.6) is 11.5 Å². The molecule has 0 aliphatic rings. The Bertz CT molecular complexity index is 575. The summed E-state index contributed by atoms with van der Waals surface area (Å²) >= 11 is 9.14. The number of hydrogen-bond acceptors (Lipinski definition) is 1. The van der Waals surface area contributed by atoms with E-state index in [1.807, 2.05) is 0 Å². The molecule has 0 aromatic heterocycles. The minimum atomic E-state index is -0.745. The fourth-order valence-corrected chi connectivity index (χ4v) is 2.06. The molecule has 0 N–H and O–H groups in total. The van der Waals surface area contributed by atoms with Crippen LogP contribution >= 0.6 is 27.5 Å². The Labute approximate surface area is 116 Å². The third-order valence-electron chi connectivity index (χ3n) is 2.28. The van der Waals surface area contributed by atoms with Gasteiger partial charge in [-0.25, -0.2) is 8.78 Å². The molecule has 0 heterocycles. The van der Waals surface area contributed by atoms with E-state index in [1.54, 1.807) is 18.2 Å². The summed E-state index contributed by atoms with van der Waals surface area (Å²) in [5.41, 5.74) is 0.784. The first kappa shape index (κ1) is 13.3. The fourth-order valence-electron chi connectivity index (χ4n) is 1.43. The smallest absolute Gasteiger partial charge is 0.168 e. The number of rotatable bonds is 3. The zero-order chi connectivity index (χ0) is 13.1. The van der Waals surface area contributed by atoms with Gasteiger partial charge in [-0.2, -0.15) is 0 Å². The summed E-state index contributed by atoms with van der Waals surface area (Å²) in [5.74, 6) is -0.940. The number of benzene rings is 2. The van der Waals surface area contributed by atoms with Gasteiger partial charge in [0.1, 0.15) is 11.6 Å². The summed E-state index contributed by atoms with van der Waals surface area (Å²) in [6.07, 6.45) is 0. The maximum absolute atomic E-state index is 13.4. The maximum Gasteiger partial charge on any atom is 0.168 e. The van der Waals surface area contributed by atoms with Crippen molar-refractivity contribution < 1.29 is 13.5 Å². The quantitative estimate of drug-likeness (QED) is 0.692. The molecule has 0 spiro atoms. The van der Waals surface area contributed by atoms with Gasteiger partial charge in [0.2, 0.25) is 0 Å². The van der Waals surface area contributed by atoms with Crippen molar-refractivity contribution in [2.24, 2.45) is 0 Å². The predicted molar refractivity (Wildman–Crippen MR) is 70.5 cm³/mol. The van der Waals surface area contributed by atoms with Crippen LogP contribution in [0.3, 0.4) is 0 Å². The van der Waals surface area contributed by atoms with E-state index in [1.165, 1.54) is 6.07 Å². The third kappa shape index (κ3) is 3.00. The van der Waals surface area contributed by atoms with Crippen LogP contribution in [-0.4, -0.2) is 0 Å². The Morgan fingerprint density at radius 2 is 1.78 bits per heavy atom. The molecule has 2 rings (SSSR count). The second-order valence-corrected chi connectivity index (χ2v) is 4.56. The summed E-state index contributed by atoms with van der Waals surface area (Å²) in [6.45, 7) is 0. The van der Waals surface area contributed by atoms with Gasteiger partial charge >= 0.3 is 0 Å². The largest absolute Gasteiger partial charge is 0.454 e. The molecule has 0 aliphatic carbocycles. The summed E-state index contributed by atoms with van der Waals surface area (Å²) in [4.78, 5) is 0. The van der Waals surface area contributed by atoms with Crippen LogP contribution in [0, 0.1) is 11.6 Å². The fraction of sp³-hybridized carbons (Fsp3) is 0.0769. The zero-order valence-electron chi connectivity index (χ0n) is 9.09. The molecule has 0 aliphatic heterocycles. The second kappa shape index (κ2) is 5.67. The lowest BCUT2D eigenvalue weighted by atomic mass is 10.2. The van der Waals surface area contributed by atoms with E-state index in [0.717, 1.165) is 17.7 Å². The number of alkyl halides is 1. The molecule has 0 saturated heterocycles. The van der Waals surface area contributed by atoms with Crippen LogP contribution in [0.15, 0.2) is 36.4 Å². The monoisotopic (exact) mass is 332 g/mol.